The summed E-state index contributed by atoms with van der Waals surface area (Å²) in [5, 5.41) is 0.933. The Kier molecular flexibility index (Phi) is 7.15. The van der Waals surface area contributed by atoms with Gasteiger partial charge >= 0.3 is 0 Å². The smallest absolute Gasteiger partial charge is 0.244 e. The first-order valence-corrected chi connectivity index (χ1v) is 11.4. The number of hydrogen-bond donors (Lipinski definition) is 1. The molecule has 0 radical (unpaired) electrons. The molecule has 0 fully saturated rings. The van der Waals surface area contributed by atoms with E-state index in [2.05, 4.69) is 0 Å². The molecule has 3 aromatic carbocycles. The second kappa shape index (κ2) is 9.62. The molecule has 0 saturated carbocycles. The summed E-state index contributed by atoms with van der Waals surface area (Å²) in [7, 11) is -4.06. The number of amides is 1. The number of sulfonamides is 1. The van der Waals surface area contributed by atoms with Gasteiger partial charge in [0.15, 0.2) is 0 Å². The molecule has 3 rings (SSSR count). The van der Waals surface area contributed by atoms with Gasteiger partial charge in [0.25, 0.3) is 0 Å². The molecule has 3 aromatic rings. The number of carbonyl (C=O) groups excluding carboxylic acids is 1. The summed E-state index contributed by atoms with van der Waals surface area (Å²) in [4.78, 5) is 12.4. The van der Waals surface area contributed by atoms with Crippen molar-refractivity contribution in [3.05, 3.63) is 100 Å². The number of benzene rings is 3. The van der Waals surface area contributed by atoms with Gasteiger partial charge in [-0.2, -0.15) is 4.31 Å². The van der Waals surface area contributed by atoms with E-state index in [1.165, 1.54) is 24.3 Å². The Bertz CT molecular complexity index is 1120. The number of nitrogens with zero attached hydrogens (tertiary/aromatic N) is 1. The highest BCUT2D eigenvalue weighted by atomic mass is 35.5. The van der Waals surface area contributed by atoms with Crippen molar-refractivity contribution in [3.63, 3.8) is 0 Å². The molecule has 1 atom stereocenters. The van der Waals surface area contributed by atoms with E-state index in [1.807, 2.05) is 12.1 Å². The van der Waals surface area contributed by atoms with E-state index in [9.17, 15) is 13.2 Å². The summed E-state index contributed by atoms with van der Waals surface area (Å²) < 4.78 is 28.1. The molecule has 0 aliphatic rings. The van der Waals surface area contributed by atoms with E-state index < -0.39 is 22.0 Å². The molecule has 1 amide bonds. The summed E-state index contributed by atoms with van der Waals surface area (Å²) in [6, 6.07) is 20.4. The summed E-state index contributed by atoms with van der Waals surface area (Å²) in [5.41, 5.74) is 6.93. The minimum absolute atomic E-state index is 0.0111. The van der Waals surface area contributed by atoms with E-state index in [0.717, 1.165) is 9.87 Å². The van der Waals surface area contributed by atoms with Crippen LogP contribution in [-0.2, 0) is 21.2 Å². The Hall–Kier alpha value is -2.38. The van der Waals surface area contributed by atoms with Crippen LogP contribution in [-0.4, -0.2) is 25.2 Å². The maximum absolute atomic E-state index is 13.5. The van der Waals surface area contributed by atoms with Crippen LogP contribution in [0, 0.1) is 0 Å². The van der Waals surface area contributed by atoms with E-state index in [0.29, 0.717) is 22.0 Å². The lowest BCUT2D eigenvalue weighted by Gasteiger charge is -2.29. The lowest BCUT2D eigenvalue weighted by Crippen LogP contribution is -2.42. The summed E-state index contributed by atoms with van der Waals surface area (Å²) >= 11 is 12.2. The summed E-state index contributed by atoms with van der Waals surface area (Å²) in [6.45, 7) is 0.0111. The second-order valence-corrected chi connectivity index (χ2v) is 9.36. The molecule has 0 saturated heterocycles. The highest BCUT2D eigenvalue weighted by Crippen LogP contribution is 2.29. The van der Waals surface area contributed by atoms with Crippen molar-refractivity contribution in [2.24, 2.45) is 5.73 Å². The molecule has 0 aliphatic carbocycles. The van der Waals surface area contributed by atoms with Gasteiger partial charge in [0, 0.05) is 16.6 Å². The molecule has 0 spiro atoms. The average Bonchev–Trinajstić information content (AvgIpc) is 2.72. The van der Waals surface area contributed by atoms with Crippen molar-refractivity contribution in [1.82, 2.24) is 4.31 Å². The van der Waals surface area contributed by atoms with Gasteiger partial charge in [-0.25, -0.2) is 8.42 Å². The van der Waals surface area contributed by atoms with Crippen molar-refractivity contribution < 1.29 is 13.2 Å². The van der Waals surface area contributed by atoms with E-state index in [1.54, 1.807) is 42.5 Å². The molecule has 0 aliphatic heterocycles. The van der Waals surface area contributed by atoms with Crippen molar-refractivity contribution in [2.75, 3.05) is 6.54 Å². The molecule has 30 heavy (non-hydrogen) atoms. The number of carbonyl (C=O) groups is 1. The molecule has 2 N–H and O–H groups in total. The Morgan fingerprint density at radius 2 is 1.50 bits per heavy atom. The molecule has 156 valence electrons. The lowest BCUT2D eigenvalue weighted by atomic mass is 10.1. The molecule has 1 unspecified atom stereocenters. The summed E-state index contributed by atoms with van der Waals surface area (Å²) in [5.74, 6) is -0.766. The Balaban J connectivity index is 2.06. The van der Waals surface area contributed by atoms with E-state index in [4.69, 9.17) is 28.9 Å². The van der Waals surface area contributed by atoms with E-state index in [-0.39, 0.29) is 11.4 Å². The van der Waals surface area contributed by atoms with Gasteiger partial charge in [-0.05, 0) is 47.9 Å². The molecule has 8 heteroatoms. The number of halogens is 2. The fraction of sp³-hybridized carbons (Fsp3) is 0.136. The third-order valence-corrected chi connectivity index (χ3v) is 7.15. The van der Waals surface area contributed by atoms with Gasteiger partial charge < -0.3 is 5.73 Å². The number of rotatable bonds is 8. The maximum atomic E-state index is 13.5. The molecule has 0 heterocycles. The number of nitrogens with two attached hydrogens (primary N) is 1. The molecule has 5 nitrogen and oxygen atoms in total. The lowest BCUT2D eigenvalue weighted by molar-refractivity contribution is -0.121. The highest BCUT2D eigenvalue weighted by Gasteiger charge is 2.35. The largest absolute Gasteiger partial charge is 0.368 e. The van der Waals surface area contributed by atoms with Crippen LogP contribution in [0.15, 0.2) is 83.8 Å². The average molecular weight is 463 g/mol. The highest BCUT2D eigenvalue weighted by molar-refractivity contribution is 7.89. The first kappa shape index (κ1) is 22.3. The van der Waals surface area contributed by atoms with E-state index >= 15 is 0 Å². The summed E-state index contributed by atoms with van der Waals surface area (Å²) in [6.07, 6.45) is 0.309. The van der Waals surface area contributed by atoms with Crippen molar-refractivity contribution in [2.45, 2.75) is 17.4 Å². The Morgan fingerprint density at radius 1 is 0.900 bits per heavy atom. The van der Waals surface area contributed by atoms with Crippen molar-refractivity contribution in [3.8, 4) is 0 Å². The fourth-order valence-electron chi connectivity index (χ4n) is 3.17. The third-order valence-electron chi connectivity index (χ3n) is 4.65. The van der Waals surface area contributed by atoms with Gasteiger partial charge in [-0.3, -0.25) is 4.79 Å². The van der Waals surface area contributed by atoms with Gasteiger partial charge in [0.1, 0.15) is 6.04 Å². The monoisotopic (exact) mass is 462 g/mol. The number of primary amides is 1. The van der Waals surface area contributed by atoms with Crippen LogP contribution in [0.1, 0.15) is 17.2 Å². The van der Waals surface area contributed by atoms with Gasteiger partial charge in [0.2, 0.25) is 15.9 Å². The topological polar surface area (TPSA) is 80.5 Å². The van der Waals surface area contributed by atoms with Crippen LogP contribution in [0.2, 0.25) is 10.0 Å². The zero-order chi connectivity index (χ0) is 21.7. The number of hydrogen-bond acceptors (Lipinski definition) is 3. The minimum Gasteiger partial charge on any atom is -0.368 e. The Morgan fingerprint density at radius 3 is 2.10 bits per heavy atom. The normalized spacial score (nSPS) is 12.6. The first-order valence-electron chi connectivity index (χ1n) is 9.16. The van der Waals surface area contributed by atoms with Crippen LogP contribution >= 0.6 is 23.2 Å². The van der Waals surface area contributed by atoms with Crippen LogP contribution in [0.3, 0.4) is 0 Å². The quantitative estimate of drug-likeness (QED) is 0.536. The van der Waals surface area contributed by atoms with Gasteiger partial charge in [-0.1, -0.05) is 71.7 Å². The molecular formula is C22H20Cl2N2O3S. The fourth-order valence-corrected chi connectivity index (χ4v) is 5.11. The maximum Gasteiger partial charge on any atom is 0.244 e. The SMILES string of the molecule is NC(=O)C(c1ccccc1)N(CCc1ccccc1Cl)S(=O)(=O)c1ccc(Cl)cc1. The first-order chi connectivity index (χ1) is 14.3. The predicted octanol–water partition coefficient (Wildman–Crippen LogP) is 4.45. The molecule has 0 bridgehead atoms. The van der Waals surface area contributed by atoms with Crippen molar-refractivity contribution >= 4 is 39.1 Å². The van der Waals surface area contributed by atoms with Crippen LogP contribution < -0.4 is 5.73 Å². The van der Waals surface area contributed by atoms with Crippen LogP contribution in [0.5, 0.6) is 0 Å². The molecular weight excluding hydrogens is 443 g/mol. The standard InChI is InChI=1S/C22H20Cl2N2O3S/c23-18-10-12-19(13-11-18)30(28,29)26(15-14-16-6-4-5-9-20(16)24)21(22(25)27)17-7-2-1-3-8-17/h1-13,21H,14-15H2,(H2,25,27). The van der Waals surface area contributed by atoms with Crippen LogP contribution in [0.4, 0.5) is 0 Å². The van der Waals surface area contributed by atoms with Crippen molar-refractivity contribution in [1.29, 1.82) is 0 Å². The van der Waals surface area contributed by atoms with Gasteiger partial charge in [0.05, 0.1) is 4.90 Å². The molecule has 0 aromatic heterocycles. The predicted molar refractivity (Wildman–Crippen MR) is 119 cm³/mol. The minimum atomic E-state index is -4.06. The zero-order valence-corrected chi connectivity index (χ0v) is 18.2. The Labute approximate surface area is 186 Å². The zero-order valence-electron chi connectivity index (χ0n) is 15.9. The van der Waals surface area contributed by atoms with Gasteiger partial charge in [-0.15, -0.1) is 0 Å². The van der Waals surface area contributed by atoms with Crippen LogP contribution in [0.25, 0.3) is 0 Å². The second-order valence-electron chi connectivity index (χ2n) is 6.63. The third kappa shape index (κ3) is 5.02.